The van der Waals surface area contributed by atoms with Gasteiger partial charge in [0, 0.05) is 12.3 Å². The van der Waals surface area contributed by atoms with Gasteiger partial charge in [0.2, 0.25) is 0 Å². The van der Waals surface area contributed by atoms with Crippen LogP contribution in [-0.4, -0.2) is 4.98 Å². The van der Waals surface area contributed by atoms with E-state index in [2.05, 4.69) is 11.1 Å². The van der Waals surface area contributed by atoms with Gasteiger partial charge in [-0.15, -0.1) is 0 Å². The van der Waals surface area contributed by atoms with Crippen molar-refractivity contribution in [3.05, 3.63) is 52.3 Å². The van der Waals surface area contributed by atoms with E-state index in [0.29, 0.717) is 16.5 Å². The zero-order chi connectivity index (χ0) is 13.1. The molecule has 18 heavy (non-hydrogen) atoms. The lowest BCUT2D eigenvalue weighted by atomic mass is 10.1. The van der Waals surface area contributed by atoms with E-state index in [0.717, 1.165) is 16.9 Å². The molecule has 0 bridgehead atoms. The Bertz CT molecular complexity index is 609. The molecule has 0 N–H and O–H groups in total. The van der Waals surface area contributed by atoms with E-state index in [1.807, 2.05) is 13.8 Å². The summed E-state index contributed by atoms with van der Waals surface area (Å²) in [6, 6.07) is 9.11. The van der Waals surface area contributed by atoms with Crippen molar-refractivity contribution in [3.63, 3.8) is 0 Å². The van der Waals surface area contributed by atoms with Crippen molar-refractivity contribution in [3.8, 4) is 17.6 Å². The summed E-state index contributed by atoms with van der Waals surface area (Å²) in [5, 5.41) is 9.27. The summed E-state index contributed by atoms with van der Waals surface area (Å²) >= 11 is 5.80. The van der Waals surface area contributed by atoms with Crippen molar-refractivity contribution in [1.29, 1.82) is 5.26 Å². The Morgan fingerprint density at radius 2 is 1.89 bits per heavy atom. The molecule has 1 heterocycles. The second-order valence-corrected chi connectivity index (χ2v) is 4.35. The first-order chi connectivity index (χ1) is 8.60. The minimum absolute atomic E-state index is 0.386. The van der Waals surface area contributed by atoms with Crippen LogP contribution in [0.3, 0.4) is 0 Å². The van der Waals surface area contributed by atoms with E-state index >= 15 is 0 Å². The SMILES string of the molecule is Cc1cc(C#N)cc(C)c1Oc1ccnc(Cl)c1. The first-order valence-electron chi connectivity index (χ1n) is 5.41. The van der Waals surface area contributed by atoms with Gasteiger partial charge in [-0.3, -0.25) is 0 Å². The molecular weight excluding hydrogens is 248 g/mol. The second kappa shape index (κ2) is 5.07. The normalized spacial score (nSPS) is 9.89. The molecule has 0 radical (unpaired) electrons. The van der Waals surface area contributed by atoms with Crippen LogP contribution in [0, 0.1) is 25.2 Å². The lowest BCUT2D eigenvalue weighted by Crippen LogP contribution is -1.93. The average Bonchev–Trinajstić information content (AvgIpc) is 2.33. The quantitative estimate of drug-likeness (QED) is 0.765. The number of aryl methyl sites for hydroxylation is 2. The van der Waals surface area contributed by atoms with Crippen molar-refractivity contribution < 1.29 is 4.74 Å². The van der Waals surface area contributed by atoms with Gasteiger partial charge in [0.15, 0.2) is 0 Å². The van der Waals surface area contributed by atoms with Crippen molar-refractivity contribution in [2.24, 2.45) is 0 Å². The number of nitrogens with zero attached hydrogens (tertiary/aromatic N) is 2. The predicted molar refractivity (Wildman–Crippen MR) is 70.0 cm³/mol. The molecule has 2 aromatic rings. The topological polar surface area (TPSA) is 45.9 Å². The molecular formula is C14H11ClN2O. The fraction of sp³-hybridized carbons (Fsp3) is 0.143. The van der Waals surface area contributed by atoms with Gasteiger partial charge in [-0.05, 0) is 43.2 Å². The predicted octanol–water partition coefficient (Wildman–Crippen LogP) is 4.02. The van der Waals surface area contributed by atoms with E-state index in [4.69, 9.17) is 21.6 Å². The molecule has 90 valence electrons. The Balaban J connectivity index is 2.38. The lowest BCUT2D eigenvalue weighted by Gasteiger charge is -2.12. The Hall–Kier alpha value is -2.05. The van der Waals surface area contributed by atoms with Crippen LogP contribution in [0.2, 0.25) is 5.15 Å². The standard InChI is InChI=1S/C14H11ClN2O/c1-9-5-11(8-16)6-10(2)14(9)18-12-3-4-17-13(15)7-12/h3-7H,1-2H3. The molecule has 0 aliphatic carbocycles. The molecule has 3 nitrogen and oxygen atoms in total. The number of halogens is 1. The molecule has 0 spiro atoms. The highest BCUT2D eigenvalue weighted by molar-refractivity contribution is 6.29. The Morgan fingerprint density at radius 3 is 2.44 bits per heavy atom. The Kier molecular flexibility index (Phi) is 3.50. The maximum atomic E-state index is 8.89. The number of hydrogen-bond donors (Lipinski definition) is 0. The van der Waals surface area contributed by atoms with Crippen molar-refractivity contribution >= 4 is 11.6 Å². The van der Waals surface area contributed by atoms with Crippen LogP contribution in [0.4, 0.5) is 0 Å². The minimum atomic E-state index is 0.386. The molecule has 1 aromatic carbocycles. The zero-order valence-corrected chi connectivity index (χ0v) is 10.8. The van der Waals surface area contributed by atoms with Crippen LogP contribution in [0.5, 0.6) is 11.5 Å². The molecule has 0 fully saturated rings. The Morgan fingerprint density at radius 1 is 1.22 bits per heavy atom. The molecule has 1 aromatic heterocycles. The average molecular weight is 259 g/mol. The van der Waals surface area contributed by atoms with Crippen LogP contribution >= 0.6 is 11.6 Å². The fourth-order valence-corrected chi connectivity index (χ4v) is 1.91. The second-order valence-electron chi connectivity index (χ2n) is 3.97. The molecule has 0 saturated carbocycles. The highest BCUT2D eigenvalue weighted by Gasteiger charge is 2.08. The van der Waals surface area contributed by atoms with Crippen molar-refractivity contribution in [2.45, 2.75) is 13.8 Å². The van der Waals surface area contributed by atoms with Gasteiger partial charge < -0.3 is 4.74 Å². The van der Waals surface area contributed by atoms with Gasteiger partial charge in [0.05, 0.1) is 11.6 Å². The molecule has 0 amide bonds. The maximum absolute atomic E-state index is 8.89. The number of ether oxygens (including phenoxy) is 1. The van der Waals surface area contributed by atoms with Gasteiger partial charge in [-0.1, -0.05) is 11.6 Å². The number of hydrogen-bond acceptors (Lipinski definition) is 3. The summed E-state index contributed by atoms with van der Waals surface area (Å²) in [6.45, 7) is 3.82. The van der Waals surface area contributed by atoms with Gasteiger partial charge in [0.25, 0.3) is 0 Å². The molecule has 2 rings (SSSR count). The zero-order valence-electron chi connectivity index (χ0n) is 10.1. The van der Waals surface area contributed by atoms with E-state index in [-0.39, 0.29) is 0 Å². The van der Waals surface area contributed by atoms with Crippen LogP contribution < -0.4 is 4.74 Å². The monoisotopic (exact) mass is 258 g/mol. The molecule has 0 unspecified atom stereocenters. The highest BCUT2D eigenvalue weighted by atomic mass is 35.5. The smallest absolute Gasteiger partial charge is 0.133 e. The molecule has 4 heteroatoms. The lowest BCUT2D eigenvalue weighted by molar-refractivity contribution is 0.474. The fourth-order valence-electron chi connectivity index (χ4n) is 1.74. The third-order valence-electron chi connectivity index (χ3n) is 2.51. The van der Waals surface area contributed by atoms with Crippen LogP contribution in [0.1, 0.15) is 16.7 Å². The molecule has 0 atom stereocenters. The first kappa shape index (κ1) is 12.4. The van der Waals surface area contributed by atoms with E-state index in [1.54, 1.807) is 30.5 Å². The Labute approximate surface area is 111 Å². The number of nitriles is 1. The summed E-state index contributed by atoms with van der Waals surface area (Å²) in [5.41, 5.74) is 2.46. The molecule has 0 aliphatic heterocycles. The molecule has 0 aliphatic rings. The van der Waals surface area contributed by atoms with Gasteiger partial charge >= 0.3 is 0 Å². The maximum Gasteiger partial charge on any atom is 0.133 e. The van der Waals surface area contributed by atoms with Crippen molar-refractivity contribution in [1.82, 2.24) is 4.98 Å². The van der Waals surface area contributed by atoms with Gasteiger partial charge in [0.1, 0.15) is 16.7 Å². The van der Waals surface area contributed by atoms with Crippen LogP contribution in [-0.2, 0) is 0 Å². The first-order valence-corrected chi connectivity index (χ1v) is 5.78. The summed E-state index contributed by atoms with van der Waals surface area (Å²) in [4.78, 5) is 3.90. The van der Waals surface area contributed by atoms with Crippen molar-refractivity contribution in [2.75, 3.05) is 0 Å². The number of pyridine rings is 1. The van der Waals surface area contributed by atoms with Crippen LogP contribution in [0.25, 0.3) is 0 Å². The third-order valence-corrected chi connectivity index (χ3v) is 2.71. The van der Waals surface area contributed by atoms with Gasteiger partial charge in [-0.2, -0.15) is 5.26 Å². The molecule has 0 saturated heterocycles. The van der Waals surface area contributed by atoms with E-state index < -0.39 is 0 Å². The summed E-state index contributed by atoms with van der Waals surface area (Å²) < 4.78 is 5.79. The number of rotatable bonds is 2. The number of aromatic nitrogens is 1. The van der Waals surface area contributed by atoms with E-state index in [1.165, 1.54) is 0 Å². The highest BCUT2D eigenvalue weighted by Crippen LogP contribution is 2.30. The van der Waals surface area contributed by atoms with E-state index in [9.17, 15) is 0 Å². The summed E-state index contributed by atoms with van der Waals surface area (Å²) in [6.07, 6.45) is 1.59. The summed E-state index contributed by atoms with van der Waals surface area (Å²) in [7, 11) is 0. The van der Waals surface area contributed by atoms with Gasteiger partial charge in [-0.25, -0.2) is 4.98 Å². The summed E-state index contributed by atoms with van der Waals surface area (Å²) in [5.74, 6) is 1.38. The van der Waals surface area contributed by atoms with Crippen LogP contribution in [0.15, 0.2) is 30.5 Å². The number of benzene rings is 1. The minimum Gasteiger partial charge on any atom is -0.457 e. The largest absolute Gasteiger partial charge is 0.457 e. The third kappa shape index (κ3) is 2.61.